The fourth-order valence-electron chi connectivity index (χ4n) is 13.5. The molecule has 3 aromatic rings. The van der Waals surface area contributed by atoms with E-state index >= 15 is 9.59 Å². The number of esters is 5. The number of carbonyl (C=O) groups excluding carboxylic acids is 7. The minimum atomic E-state index is -2.46. The summed E-state index contributed by atoms with van der Waals surface area (Å²) in [6.07, 6.45) is 8.45. The average Bonchev–Trinajstić information content (AvgIpc) is 0.671. The maximum absolute atomic E-state index is 15.9. The lowest BCUT2D eigenvalue weighted by Crippen LogP contribution is -2.82. The van der Waals surface area contributed by atoms with Crippen molar-refractivity contribution in [2.75, 3.05) is 6.61 Å². The summed E-state index contributed by atoms with van der Waals surface area (Å²) in [6.45, 7) is 20.7. The quantitative estimate of drug-likeness (QED) is 0.0294. The van der Waals surface area contributed by atoms with Gasteiger partial charge in [0, 0.05) is 44.1 Å². The van der Waals surface area contributed by atoms with Gasteiger partial charge in [-0.05, 0) is 154 Å². The summed E-state index contributed by atoms with van der Waals surface area (Å²) >= 11 is 0. The number of hydrogen-bond acceptors (Lipinski definition) is 15. The summed E-state index contributed by atoms with van der Waals surface area (Å²) < 4.78 is 37.5. The van der Waals surface area contributed by atoms with Crippen molar-refractivity contribution < 1.29 is 72.2 Å². The lowest BCUT2D eigenvalue weighted by atomic mass is 9.44. The van der Waals surface area contributed by atoms with E-state index in [9.17, 15) is 34.2 Å². The van der Waals surface area contributed by atoms with Crippen LogP contribution in [-0.4, -0.2) is 106 Å². The van der Waals surface area contributed by atoms with Crippen molar-refractivity contribution in [1.82, 2.24) is 5.32 Å². The molecular weight excluding hydrogens is 1140 g/mol. The Morgan fingerprint density at radius 2 is 1.18 bits per heavy atom. The molecule has 1 saturated heterocycles. The van der Waals surface area contributed by atoms with Gasteiger partial charge in [0.1, 0.15) is 30.0 Å². The van der Waals surface area contributed by atoms with E-state index < -0.39 is 119 Å². The third-order valence-electron chi connectivity index (χ3n) is 18.7. The largest absolute Gasteiger partial charge is 0.455 e. The van der Waals surface area contributed by atoms with Gasteiger partial charge >= 0.3 is 29.8 Å². The first-order chi connectivity index (χ1) is 42.6. The highest BCUT2D eigenvalue weighted by molar-refractivity contribution is 5.96. The van der Waals surface area contributed by atoms with Crippen LogP contribution in [0.2, 0.25) is 0 Å². The molecule has 7 rings (SSSR count). The van der Waals surface area contributed by atoms with Gasteiger partial charge in [0.25, 0.3) is 5.91 Å². The molecule has 3 N–H and O–H groups in total. The van der Waals surface area contributed by atoms with E-state index in [0.717, 1.165) is 70.8 Å². The van der Waals surface area contributed by atoms with Crippen LogP contribution >= 0.6 is 0 Å². The Morgan fingerprint density at radius 1 is 0.656 bits per heavy atom. The number of allylic oxidation sites excluding steroid dienone is 10. The number of carbonyl (C=O) groups is 7. The van der Waals surface area contributed by atoms with Crippen molar-refractivity contribution in [3.05, 3.63) is 177 Å². The first-order valence-electron chi connectivity index (χ1n) is 31.6. The maximum atomic E-state index is 15.9. The molecule has 484 valence electrons. The topological polar surface area (TPSA) is 227 Å². The van der Waals surface area contributed by atoms with Gasteiger partial charge in [-0.3, -0.25) is 24.0 Å². The molecule has 90 heavy (non-hydrogen) atoms. The summed E-state index contributed by atoms with van der Waals surface area (Å²) in [5, 5.41) is 29.4. The molecular formula is C74H93NO15. The average molecular weight is 1240 g/mol. The fourth-order valence-corrected chi connectivity index (χ4v) is 13.5. The minimum Gasteiger partial charge on any atom is -0.455 e. The van der Waals surface area contributed by atoms with E-state index in [1.807, 2.05) is 6.92 Å². The zero-order valence-corrected chi connectivity index (χ0v) is 54.6. The van der Waals surface area contributed by atoms with E-state index in [-0.39, 0.29) is 48.1 Å². The Kier molecular flexibility index (Phi) is 23.7. The summed E-state index contributed by atoms with van der Waals surface area (Å²) in [7, 11) is 0. The van der Waals surface area contributed by atoms with Gasteiger partial charge in [-0.1, -0.05) is 139 Å². The number of unbranched alkanes of at least 4 members (excludes halogenated alkanes) is 1. The first-order valence-corrected chi connectivity index (χ1v) is 31.6. The maximum Gasteiger partial charge on any atom is 0.350 e. The molecule has 2 bridgehead atoms. The first kappa shape index (κ1) is 69.9. The molecule has 3 fully saturated rings. The van der Waals surface area contributed by atoms with Gasteiger partial charge in [0.15, 0.2) is 17.5 Å². The van der Waals surface area contributed by atoms with Crippen LogP contribution in [0.1, 0.15) is 192 Å². The number of Topliss-reactive ketones (excluding diaryl/α,β-unsaturated/α-hetero) is 1. The van der Waals surface area contributed by atoms with Crippen molar-refractivity contribution >= 4 is 41.5 Å². The van der Waals surface area contributed by atoms with Gasteiger partial charge in [-0.2, -0.15) is 0 Å². The Hall–Kier alpha value is -7.53. The summed E-state index contributed by atoms with van der Waals surface area (Å²) in [6, 6.07) is 23.2. The van der Waals surface area contributed by atoms with Crippen LogP contribution < -0.4 is 5.32 Å². The number of benzene rings is 3. The number of amides is 1. The Morgan fingerprint density at radius 3 is 1.70 bits per heavy atom. The smallest absolute Gasteiger partial charge is 0.350 e. The zero-order chi connectivity index (χ0) is 65.7. The van der Waals surface area contributed by atoms with E-state index in [1.54, 1.807) is 99.6 Å². The number of aliphatic hydroxyl groups is 2. The van der Waals surface area contributed by atoms with Crippen molar-refractivity contribution in [3.8, 4) is 0 Å². The summed E-state index contributed by atoms with van der Waals surface area (Å²) in [4.78, 5) is 101. The molecule has 16 nitrogen and oxygen atoms in total. The van der Waals surface area contributed by atoms with Gasteiger partial charge < -0.3 is 44.0 Å². The van der Waals surface area contributed by atoms with Crippen LogP contribution in [0.4, 0.5) is 0 Å². The minimum absolute atomic E-state index is 0.0211. The van der Waals surface area contributed by atoms with E-state index in [2.05, 4.69) is 70.3 Å². The van der Waals surface area contributed by atoms with Crippen LogP contribution in [0.5, 0.6) is 0 Å². The van der Waals surface area contributed by atoms with Crippen LogP contribution in [0, 0.1) is 16.7 Å². The van der Waals surface area contributed by atoms with Crippen molar-refractivity contribution in [2.45, 2.75) is 214 Å². The highest BCUT2D eigenvalue weighted by Crippen LogP contribution is 2.64. The highest BCUT2D eigenvalue weighted by Gasteiger charge is 2.78. The number of nitrogens with one attached hydrogen (secondary N) is 1. The molecule has 1 heterocycles. The Bertz CT molecular complexity index is 3280. The highest BCUT2D eigenvalue weighted by atomic mass is 16.6. The Labute approximate surface area is 531 Å². The van der Waals surface area contributed by atoms with Crippen LogP contribution in [-0.2, 0) is 52.4 Å². The molecule has 16 heteroatoms. The SMILES string of the molecule is CC(=O)O[C@H]1C(=O)[C@@]2(C)[C@H]([C@H](OC(=O)c3ccccc3)[C@]3(O)CC(OC(=O)C(OC(=O)CC/C(C)=C\CC/C(C)=C/CC/C=C(/C)CC/C=C(/C)CCC=C(C)C)[C@@H](NC(=O)c4ccccc4)c4ccccc4)C(C)=C1C3(C)C)[C@@]1(OC(C)=O)CO[C@@H]1C[C@@H]2O. The van der Waals surface area contributed by atoms with Gasteiger partial charge in [0.05, 0.1) is 29.6 Å². The number of fused-ring (bicyclic) bond motifs is 5. The number of ketones is 1. The lowest BCUT2D eigenvalue weighted by Gasteiger charge is -2.67. The number of aliphatic hydroxyl groups excluding tert-OH is 1. The van der Waals surface area contributed by atoms with E-state index in [1.165, 1.54) is 41.3 Å². The summed E-state index contributed by atoms with van der Waals surface area (Å²) in [5.41, 5.74) is -0.964. The fraction of sp³-hybridized carbons (Fsp3) is 0.500. The number of hydrogen-bond donors (Lipinski definition) is 3. The van der Waals surface area contributed by atoms with Crippen molar-refractivity contribution in [3.63, 3.8) is 0 Å². The molecule has 2 unspecified atom stereocenters. The molecule has 0 radical (unpaired) electrons. The predicted molar refractivity (Wildman–Crippen MR) is 342 cm³/mol. The molecule has 4 aliphatic rings. The Balaban J connectivity index is 1.20. The lowest BCUT2D eigenvalue weighted by molar-refractivity contribution is -0.346. The van der Waals surface area contributed by atoms with Crippen LogP contribution in [0.25, 0.3) is 0 Å². The standard InChI is InChI=1S/C74H93NO15/c1-46(2)27-24-30-49(5)33-25-31-47(3)28-22-23-29-48(4)32-26-34-50(6)41-42-60(79)88-64(62(54-35-16-13-17-36-54)75-68(81)55-37-18-14-19-38-55)70(83)87-57-44-74(84)67(89-69(82)56-39-20-15-21-40-56)65-72(12,58(78)43-59-73(65,45-85-59)90-53(9)77)66(80)63(86-52(8)76)61(51(57)7)71(74,10)11/h13-21,27-29,33-40,57-59,62-65,67,78,84H,22-26,30-32,41-45H2,1-12H3,(H,75,81)/b47-28-,48-29+,49-33-,50-34-/t57?,58-,59+,62-,63+,64?,65-,67-,72+,73+,74+/m0/s1. The van der Waals surface area contributed by atoms with E-state index in [0.29, 0.717) is 5.56 Å². The van der Waals surface area contributed by atoms with Crippen LogP contribution in [0.15, 0.2) is 160 Å². The second-order valence-electron chi connectivity index (χ2n) is 26.0. The third-order valence-corrected chi connectivity index (χ3v) is 18.7. The molecule has 1 aliphatic heterocycles. The van der Waals surface area contributed by atoms with Gasteiger partial charge in [-0.25, -0.2) is 9.59 Å². The second-order valence-corrected chi connectivity index (χ2v) is 26.0. The van der Waals surface area contributed by atoms with Crippen molar-refractivity contribution in [1.29, 1.82) is 0 Å². The molecule has 0 aromatic heterocycles. The predicted octanol–water partition coefficient (Wildman–Crippen LogP) is 12.9. The van der Waals surface area contributed by atoms with Crippen molar-refractivity contribution in [2.24, 2.45) is 16.7 Å². The molecule has 1 amide bonds. The van der Waals surface area contributed by atoms with Gasteiger partial charge in [0.2, 0.25) is 6.10 Å². The molecule has 11 atom stereocenters. The number of ether oxygens (including phenoxy) is 6. The second kappa shape index (κ2) is 30.5. The normalized spacial score (nSPS) is 26.4. The number of rotatable bonds is 26. The zero-order valence-electron chi connectivity index (χ0n) is 54.6. The van der Waals surface area contributed by atoms with E-state index in [4.69, 9.17) is 28.4 Å². The molecule has 3 aliphatic carbocycles. The van der Waals surface area contributed by atoms with Gasteiger partial charge in [-0.15, -0.1) is 0 Å². The van der Waals surface area contributed by atoms with Crippen LogP contribution in [0.3, 0.4) is 0 Å². The molecule has 2 saturated carbocycles. The third kappa shape index (κ3) is 16.1. The molecule has 0 spiro atoms. The molecule has 3 aromatic carbocycles. The summed E-state index contributed by atoms with van der Waals surface area (Å²) in [5.74, 6) is -7.68. The monoisotopic (exact) mass is 1240 g/mol.